The molecule has 0 unspecified atom stereocenters. The fourth-order valence-corrected chi connectivity index (χ4v) is 0.979. The van der Waals surface area contributed by atoms with E-state index in [0.717, 1.165) is 12.8 Å². The van der Waals surface area contributed by atoms with Crippen molar-refractivity contribution in [2.45, 2.75) is 26.7 Å². The van der Waals surface area contributed by atoms with Crippen molar-refractivity contribution >= 4 is 4.21 Å². The predicted octanol–water partition coefficient (Wildman–Crippen LogP) is -2.64. The van der Waals surface area contributed by atoms with Gasteiger partial charge in [-0.25, -0.2) is 23.8 Å². The maximum absolute atomic E-state index is 3.34. The number of allylic oxidation sites excluding steroid dienone is 8. The van der Waals surface area contributed by atoms with Gasteiger partial charge in [0, 0.05) is 0 Å². The van der Waals surface area contributed by atoms with Crippen LogP contribution in [0.2, 0.25) is 0 Å². The normalized spacial score (nSPS) is 14.2. The summed E-state index contributed by atoms with van der Waals surface area (Å²) in [7, 11) is 0. The van der Waals surface area contributed by atoms with Crippen LogP contribution in [0.1, 0.15) is 26.7 Å². The van der Waals surface area contributed by atoms with Crippen LogP contribution in [0.4, 0.5) is 0 Å². The van der Waals surface area contributed by atoms with E-state index in [1.54, 1.807) is 0 Å². The second-order valence-electron chi connectivity index (χ2n) is 3.06. The fraction of sp³-hybridized carbons (Fsp3) is 0.308. The van der Waals surface area contributed by atoms with Gasteiger partial charge in [-0.2, -0.15) is 11.6 Å². The van der Waals surface area contributed by atoms with Crippen LogP contribution >= 0.6 is 0 Å². The molecule has 2 aliphatic rings. The molecule has 0 bridgehead atoms. The molecule has 0 N–H and O–H groups in total. The molecule has 2 rings (SSSR count). The third kappa shape index (κ3) is 12.4. The van der Waals surface area contributed by atoms with Gasteiger partial charge in [0.1, 0.15) is 0 Å². The quantitative estimate of drug-likeness (QED) is 0.425. The van der Waals surface area contributed by atoms with Crippen molar-refractivity contribution in [2.75, 3.05) is 0 Å². The first-order valence-electron chi connectivity index (χ1n) is 4.60. The van der Waals surface area contributed by atoms with E-state index in [4.69, 9.17) is 0 Å². The minimum Gasteiger partial charge on any atom is -1.00 e. The summed E-state index contributed by atoms with van der Waals surface area (Å²) in [6.45, 7) is 4.19. The largest absolute Gasteiger partial charge is 1.00 e. The molecule has 2 aliphatic carbocycles. The van der Waals surface area contributed by atoms with E-state index in [2.05, 4.69) is 42.4 Å². The molecule has 0 radical (unpaired) electrons. The van der Waals surface area contributed by atoms with E-state index in [-0.39, 0.29) is 24.8 Å². The molecule has 0 spiro atoms. The number of rotatable bonds is 0. The molecular weight excluding hydrogens is 318 g/mol. The van der Waals surface area contributed by atoms with Gasteiger partial charge < -0.3 is 24.8 Å². The minimum atomic E-state index is 0. The maximum Gasteiger partial charge on any atom is -1.00 e. The zero-order valence-electron chi connectivity index (χ0n) is 9.69. The van der Waals surface area contributed by atoms with E-state index in [9.17, 15) is 0 Å². The van der Waals surface area contributed by atoms with Crippen molar-refractivity contribution in [1.82, 2.24) is 0 Å². The predicted molar refractivity (Wildman–Crippen MR) is 59.5 cm³/mol. The molecule has 0 aromatic carbocycles. The van der Waals surface area contributed by atoms with Crippen LogP contribution in [0.3, 0.4) is 0 Å². The van der Waals surface area contributed by atoms with Gasteiger partial charge in [0.05, 0.1) is 0 Å². The average Bonchev–Trinajstić information content (AvgIpc) is 2.83. The zero-order chi connectivity index (χ0) is 10.8. The Morgan fingerprint density at radius 3 is 1.94 bits per heavy atom. The molecule has 0 saturated heterocycles. The van der Waals surface area contributed by atoms with Crippen molar-refractivity contribution in [3.8, 4) is 0 Å². The van der Waals surface area contributed by atoms with Gasteiger partial charge in [-0.3, -0.25) is 12.2 Å². The number of hydrogen-bond donors (Lipinski definition) is 0. The van der Waals surface area contributed by atoms with Gasteiger partial charge >= 0.3 is 28.4 Å². The molecule has 0 aromatic heterocycles. The molecule has 0 aromatic rings. The molecule has 0 heterocycles. The molecule has 0 saturated carbocycles. The van der Waals surface area contributed by atoms with Gasteiger partial charge in [0.2, 0.25) is 0 Å². The Morgan fingerprint density at radius 1 is 1.19 bits per heavy atom. The number of hydrogen-bond acceptors (Lipinski definition) is 0. The van der Waals surface area contributed by atoms with E-state index in [0.29, 0.717) is 0 Å². The van der Waals surface area contributed by atoms with Crippen molar-refractivity contribution in [2.24, 2.45) is 0 Å². The van der Waals surface area contributed by atoms with Crippen molar-refractivity contribution < 1.29 is 49.0 Å². The Hall–Kier alpha value is 0.293. The molecular formula is C13H16Cl2Zr-2. The van der Waals surface area contributed by atoms with Crippen LogP contribution in [-0.2, 0) is 24.2 Å². The second kappa shape index (κ2) is 15.3. The molecule has 0 aliphatic heterocycles. The average molecular weight is 334 g/mol. The molecule has 0 atom stereocenters. The van der Waals surface area contributed by atoms with Crippen LogP contribution < -0.4 is 24.8 Å². The topological polar surface area (TPSA) is 0 Å². The van der Waals surface area contributed by atoms with Crippen LogP contribution in [0, 0.1) is 12.2 Å². The van der Waals surface area contributed by atoms with E-state index in [1.165, 1.54) is 35.4 Å². The standard InChI is InChI=1S/2C6H7.CH2.2ClH.Zr/c2*1-6-4-2-3-5-6;;;;/h4-5H,2H2,1H3;2,4H,5H2,1H3;1H2;2*1H;/q2*-1;;;;+2/p-2. The summed E-state index contributed by atoms with van der Waals surface area (Å²) >= 11 is 1.30. The minimum absolute atomic E-state index is 0. The summed E-state index contributed by atoms with van der Waals surface area (Å²) < 4.78 is 3.34. The third-order valence-electron chi connectivity index (χ3n) is 1.74. The van der Waals surface area contributed by atoms with Gasteiger partial charge in [0.25, 0.3) is 0 Å². The first-order chi connectivity index (χ1) is 6.79. The monoisotopic (exact) mass is 332 g/mol. The zero-order valence-corrected chi connectivity index (χ0v) is 13.7. The van der Waals surface area contributed by atoms with Crippen LogP contribution in [0.15, 0.2) is 35.5 Å². The third-order valence-corrected chi connectivity index (χ3v) is 1.74. The molecule has 0 amide bonds. The molecule has 0 fully saturated rings. The Bertz CT molecular complexity index is 273. The summed E-state index contributed by atoms with van der Waals surface area (Å²) in [4.78, 5) is 0. The second-order valence-corrected chi connectivity index (χ2v) is 3.06. The maximum atomic E-state index is 3.34. The summed E-state index contributed by atoms with van der Waals surface area (Å²) in [5, 5.41) is 0. The molecule has 16 heavy (non-hydrogen) atoms. The van der Waals surface area contributed by atoms with Crippen LogP contribution in [-0.4, -0.2) is 4.21 Å². The molecule has 0 nitrogen and oxygen atoms in total. The first-order valence-corrected chi connectivity index (χ1v) is 6.34. The van der Waals surface area contributed by atoms with E-state index in [1.807, 2.05) is 12.2 Å². The summed E-state index contributed by atoms with van der Waals surface area (Å²) in [6.07, 6.45) is 16.4. The SMILES string of the molecule is CC1=CC=[C-]C1.CC1=CC[C-]=C1.[CH2]=[Zr+2].[Cl-].[Cl-]. The fourth-order valence-electron chi connectivity index (χ4n) is 0.979. The van der Waals surface area contributed by atoms with Crippen molar-refractivity contribution in [3.63, 3.8) is 0 Å². The summed E-state index contributed by atoms with van der Waals surface area (Å²) in [5.74, 6) is 0. The van der Waals surface area contributed by atoms with Gasteiger partial charge in [-0.05, 0) is 0 Å². The Balaban J connectivity index is -0.000000165. The van der Waals surface area contributed by atoms with Crippen molar-refractivity contribution in [1.29, 1.82) is 0 Å². The van der Waals surface area contributed by atoms with Crippen molar-refractivity contribution in [3.05, 3.63) is 47.6 Å². The van der Waals surface area contributed by atoms with E-state index >= 15 is 0 Å². The Kier molecular flexibility index (Phi) is 20.6. The van der Waals surface area contributed by atoms with Gasteiger partial charge in [0.15, 0.2) is 0 Å². The Morgan fingerprint density at radius 2 is 1.81 bits per heavy atom. The van der Waals surface area contributed by atoms with E-state index < -0.39 is 0 Å². The number of halogens is 2. The van der Waals surface area contributed by atoms with Crippen LogP contribution in [0.25, 0.3) is 0 Å². The first kappa shape index (κ1) is 21.6. The summed E-state index contributed by atoms with van der Waals surface area (Å²) in [6, 6.07) is 0. The molecule has 88 valence electrons. The smallest absolute Gasteiger partial charge is 1.00 e. The summed E-state index contributed by atoms with van der Waals surface area (Å²) in [5.41, 5.74) is 2.75. The van der Waals surface area contributed by atoms with Gasteiger partial charge in [-0.1, -0.05) is 6.92 Å². The van der Waals surface area contributed by atoms with Gasteiger partial charge in [-0.15, -0.1) is 19.8 Å². The molecule has 3 heteroatoms. The Labute approximate surface area is 127 Å². The van der Waals surface area contributed by atoms with Crippen LogP contribution in [0.5, 0.6) is 0 Å².